The molecular formula is C13H17ClN2. The van der Waals surface area contributed by atoms with Crippen LogP contribution in [0.3, 0.4) is 0 Å². The van der Waals surface area contributed by atoms with E-state index >= 15 is 0 Å². The van der Waals surface area contributed by atoms with Gasteiger partial charge in [0, 0.05) is 6.54 Å². The molecular weight excluding hydrogens is 220 g/mol. The van der Waals surface area contributed by atoms with Gasteiger partial charge in [0.25, 0.3) is 0 Å². The number of imidazole rings is 1. The van der Waals surface area contributed by atoms with Gasteiger partial charge in [0.2, 0.25) is 0 Å². The Morgan fingerprint density at radius 3 is 2.75 bits per heavy atom. The molecule has 0 aliphatic rings. The number of hydrogen-bond donors (Lipinski definition) is 0. The molecule has 0 unspecified atom stereocenters. The lowest BCUT2D eigenvalue weighted by molar-refractivity contribution is 0.672. The molecule has 0 amide bonds. The molecule has 0 spiro atoms. The van der Waals surface area contributed by atoms with Crippen molar-refractivity contribution in [1.29, 1.82) is 0 Å². The SMILES string of the molecule is CCCn1c(CCl)nc2cc(CC)ccc21. The summed E-state index contributed by atoms with van der Waals surface area (Å²) in [4.78, 5) is 4.59. The molecule has 2 aromatic rings. The summed E-state index contributed by atoms with van der Waals surface area (Å²) < 4.78 is 2.22. The first-order valence-electron chi connectivity index (χ1n) is 5.84. The maximum absolute atomic E-state index is 5.93. The van der Waals surface area contributed by atoms with Gasteiger partial charge in [0.15, 0.2) is 0 Å². The lowest BCUT2D eigenvalue weighted by Gasteiger charge is -2.05. The molecule has 0 atom stereocenters. The maximum Gasteiger partial charge on any atom is 0.124 e. The predicted molar refractivity (Wildman–Crippen MR) is 69.0 cm³/mol. The van der Waals surface area contributed by atoms with Gasteiger partial charge in [-0.1, -0.05) is 19.9 Å². The Bertz CT molecular complexity index is 488. The van der Waals surface area contributed by atoms with E-state index in [4.69, 9.17) is 11.6 Å². The number of benzene rings is 1. The fourth-order valence-corrected chi connectivity index (χ4v) is 2.22. The highest BCUT2D eigenvalue weighted by Crippen LogP contribution is 2.19. The first-order chi connectivity index (χ1) is 7.80. The van der Waals surface area contributed by atoms with Crippen molar-refractivity contribution >= 4 is 22.6 Å². The smallest absolute Gasteiger partial charge is 0.124 e. The van der Waals surface area contributed by atoms with Crippen molar-refractivity contribution in [3.8, 4) is 0 Å². The second kappa shape index (κ2) is 4.88. The van der Waals surface area contributed by atoms with Crippen LogP contribution in [0.2, 0.25) is 0 Å². The highest BCUT2D eigenvalue weighted by molar-refractivity contribution is 6.16. The molecule has 2 nitrogen and oxygen atoms in total. The summed E-state index contributed by atoms with van der Waals surface area (Å²) in [5.74, 6) is 1.46. The normalized spacial score (nSPS) is 11.2. The van der Waals surface area contributed by atoms with Crippen molar-refractivity contribution in [2.45, 2.75) is 39.1 Å². The molecule has 0 saturated carbocycles. The molecule has 0 N–H and O–H groups in total. The zero-order chi connectivity index (χ0) is 11.5. The molecule has 0 radical (unpaired) electrons. The number of alkyl halides is 1. The Kier molecular flexibility index (Phi) is 3.49. The van der Waals surface area contributed by atoms with Gasteiger partial charge in [0.05, 0.1) is 16.9 Å². The van der Waals surface area contributed by atoms with E-state index in [0.717, 1.165) is 30.7 Å². The summed E-state index contributed by atoms with van der Waals surface area (Å²) in [5, 5.41) is 0. The minimum absolute atomic E-state index is 0.482. The number of nitrogens with zero attached hydrogens (tertiary/aromatic N) is 2. The maximum atomic E-state index is 5.93. The predicted octanol–water partition coefficient (Wildman–Crippen LogP) is 3.75. The molecule has 0 aliphatic carbocycles. The molecule has 2 rings (SSSR count). The van der Waals surface area contributed by atoms with E-state index in [-0.39, 0.29) is 0 Å². The lowest BCUT2D eigenvalue weighted by Crippen LogP contribution is -2.01. The number of rotatable bonds is 4. The molecule has 1 heterocycles. The molecule has 1 aromatic carbocycles. The van der Waals surface area contributed by atoms with Crippen LogP contribution < -0.4 is 0 Å². The second-order valence-electron chi connectivity index (χ2n) is 3.99. The third-order valence-electron chi connectivity index (χ3n) is 2.87. The molecule has 0 bridgehead atoms. The van der Waals surface area contributed by atoms with Crippen LogP contribution in [-0.2, 0) is 18.8 Å². The summed E-state index contributed by atoms with van der Waals surface area (Å²) in [6.07, 6.45) is 2.15. The number of fused-ring (bicyclic) bond motifs is 1. The van der Waals surface area contributed by atoms with Crippen LogP contribution in [-0.4, -0.2) is 9.55 Å². The number of aromatic nitrogens is 2. The fourth-order valence-electron chi connectivity index (χ4n) is 2.02. The van der Waals surface area contributed by atoms with E-state index in [1.807, 2.05) is 0 Å². The van der Waals surface area contributed by atoms with Crippen molar-refractivity contribution in [1.82, 2.24) is 9.55 Å². The Hall–Kier alpha value is -1.02. The summed E-state index contributed by atoms with van der Waals surface area (Å²) in [5.41, 5.74) is 3.60. The molecule has 0 aliphatic heterocycles. The number of aryl methyl sites for hydroxylation is 2. The summed E-state index contributed by atoms with van der Waals surface area (Å²) >= 11 is 5.93. The summed E-state index contributed by atoms with van der Waals surface area (Å²) in [7, 11) is 0. The van der Waals surface area contributed by atoms with Gasteiger partial charge >= 0.3 is 0 Å². The monoisotopic (exact) mass is 236 g/mol. The third kappa shape index (κ3) is 1.94. The van der Waals surface area contributed by atoms with Crippen LogP contribution in [0.15, 0.2) is 18.2 Å². The zero-order valence-corrected chi connectivity index (χ0v) is 10.6. The van der Waals surface area contributed by atoms with Crippen LogP contribution in [0.25, 0.3) is 11.0 Å². The standard InChI is InChI=1S/C13H17ClN2/c1-3-7-16-12-6-5-10(4-2)8-11(12)15-13(16)9-14/h5-6,8H,3-4,7,9H2,1-2H3. The number of hydrogen-bond acceptors (Lipinski definition) is 1. The quantitative estimate of drug-likeness (QED) is 0.740. The molecule has 0 saturated heterocycles. The highest BCUT2D eigenvalue weighted by Gasteiger charge is 2.09. The Morgan fingerprint density at radius 2 is 2.12 bits per heavy atom. The van der Waals surface area contributed by atoms with Gasteiger partial charge in [-0.2, -0.15) is 0 Å². The Morgan fingerprint density at radius 1 is 1.31 bits per heavy atom. The Labute approximate surface area is 101 Å². The highest BCUT2D eigenvalue weighted by atomic mass is 35.5. The average molecular weight is 237 g/mol. The molecule has 16 heavy (non-hydrogen) atoms. The lowest BCUT2D eigenvalue weighted by atomic mass is 10.1. The third-order valence-corrected chi connectivity index (χ3v) is 3.11. The topological polar surface area (TPSA) is 17.8 Å². The second-order valence-corrected chi connectivity index (χ2v) is 4.26. The van der Waals surface area contributed by atoms with Crippen LogP contribution >= 0.6 is 11.6 Å². The zero-order valence-electron chi connectivity index (χ0n) is 9.83. The van der Waals surface area contributed by atoms with Crippen molar-refractivity contribution in [2.75, 3.05) is 0 Å². The first-order valence-corrected chi connectivity index (χ1v) is 6.37. The van der Waals surface area contributed by atoms with Crippen molar-refractivity contribution in [3.05, 3.63) is 29.6 Å². The van der Waals surface area contributed by atoms with E-state index in [9.17, 15) is 0 Å². The van der Waals surface area contributed by atoms with Gasteiger partial charge in [-0.25, -0.2) is 4.98 Å². The minimum atomic E-state index is 0.482. The molecule has 86 valence electrons. The van der Waals surface area contributed by atoms with Crippen LogP contribution in [0.1, 0.15) is 31.7 Å². The van der Waals surface area contributed by atoms with Crippen LogP contribution in [0.5, 0.6) is 0 Å². The van der Waals surface area contributed by atoms with Crippen molar-refractivity contribution < 1.29 is 0 Å². The van der Waals surface area contributed by atoms with E-state index < -0.39 is 0 Å². The van der Waals surface area contributed by atoms with Crippen LogP contribution in [0.4, 0.5) is 0 Å². The molecule has 3 heteroatoms. The fraction of sp³-hybridized carbons (Fsp3) is 0.462. The molecule has 1 aromatic heterocycles. The van der Waals surface area contributed by atoms with Gasteiger partial charge in [0.1, 0.15) is 5.82 Å². The molecule has 0 fully saturated rings. The van der Waals surface area contributed by atoms with E-state index in [0.29, 0.717) is 5.88 Å². The van der Waals surface area contributed by atoms with E-state index in [1.165, 1.54) is 11.1 Å². The summed E-state index contributed by atoms with van der Waals surface area (Å²) in [6.45, 7) is 5.32. The van der Waals surface area contributed by atoms with Gasteiger partial charge in [-0.05, 0) is 30.5 Å². The minimum Gasteiger partial charge on any atom is -0.327 e. The average Bonchev–Trinajstić information content (AvgIpc) is 2.67. The largest absolute Gasteiger partial charge is 0.327 e. The first kappa shape index (κ1) is 11.5. The van der Waals surface area contributed by atoms with Gasteiger partial charge in [-0.3, -0.25) is 0 Å². The van der Waals surface area contributed by atoms with Gasteiger partial charge < -0.3 is 4.57 Å². The number of halogens is 1. The van der Waals surface area contributed by atoms with E-state index in [2.05, 4.69) is 41.6 Å². The summed E-state index contributed by atoms with van der Waals surface area (Å²) in [6, 6.07) is 6.50. The van der Waals surface area contributed by atoms with E-state index in [1.54, 1.807) is 0 Å². The Balaban J connectivity index is 2.58. The van der Waals surface area contributed by atoms with Crippen molar-refractivity contribution in [2.24, 2.45) is 0 Å². The van der Waals surface area contributed by atoms with Crippen LogP contribution in [0, 0.1) is 0 Å². The van der Waals surface area contributed by atoms with Gasteiger partial charge in [-0.15, -0.1) is 11.6 Å². The van der Waals surface area contributed by atoms with Crippen molar-refractivity contribution in [3.63, 3.8) is 0 Å².